The molecular weight excluding hydrogens is 332 g/mol. The molecule has 1 atom stereocenters. The Bertz CT molecular complexity index is 630. The predicted molar refractivity (Wildman–Crippen MR) is 101 cm³/mol. The van der Waals surface area contributed by atoms with Crippen molar-refractivity contribution in [1.29, 1.82) is 0 Å². The van der Waals surface area contributed by atoms with Gasteiger partial charge in [-0.1, -0.05) is 0 Å². The number of ketones is 1. The number of hydrogen-bond acceptors (Lipinski definition) is 6. The Kier molecular flexibility index (Phi) is 7.45. The van der Waals surface area contributed by atoms with Crippen LogP contribution in [0.1, 0.15) is 50.4 Å². The molecule has 0 aliphatic carbocycles. The number of carbonyl (C=O) groups is 2. The first kappa shape index (κ1) is 20.2. The van der Waals surface area contributed by atoms with Gasteiger partial charge < -0.3 is 20.1 Å². The fourth-order valence-electron chi connectivity index (χ4n) is 3.20. The molecule has 6 nitrogen and oxygen atoms in total. The molecule has 1 fully saturated rings. The molecule has 1 saturated heterocycles. The van der Waals surface area contributed by atoms with E-state index in [2.05, 4.69) is 4.90 Å². The van der Waals surface area contributed by atoms with Crippen LogP contribution in [0.4, 0.5) is 5.69 Å². The van der Waals surface area contributed by atoms with Crippen molar-refractivity contribution in [2.45, 2.75) is 46.1 Å². The zero-order valence-electron chi connectivity index (χ0n) is 16.0. The standard InChI is InChI=1S/C20H30N2O4/c1-4-25-20(24)16-6-5-10-22(13-16)11-9-18(23)15-7-8-19(17(21)12-15)26-14(2)3/h7-8,12,14,16H,4-6,9-11,13,21H2,1-3H3. The zero-order valence-corrected chi connectivity index (χ0v) is 16.0. The van der Waals surface area contributed by atoms with Gasteiger partial charge in [0.25, 0.3) is 0 Å². The van der Waals surface area contributed by atoms with Crippen LogP contribution in [0, 0.1) is 5.92 Å². The van der Waals surface area contributed by atoms with Crippen LogP contribution in [0.2, 0.25) is 0 Å². The highest BCUT2D eigenvalue weighted by Gasteiger charge is 2.27. The summed E-state index contributed by atoms with van der Waals surface area (Å²) in [6, 6.07) is 5.19. The summed E-state index contributed by atoms with van der Waals surface area (Å²) in [5, 5.41) is 0. The third-order valence-electron chi connectivity index (χ3n) is 4.47. The lowest BCUT2D eigenvalue weighted by atomic mass is 9.97. The van der Waals surface area contributed by atoms with Gasteiger partial charge in [0, 0.05) is 25.1 Å². The summed E-state index contributed by atoms with van der Waals surface area (Å²) in [5.74, 6) is 0.440. The quantitative estimate of drug-likeness (QED) is 0.435. The van der Waals surface area contributed by atoms with Gasteiger partial charge in [-0.2, -0.15) is 0 Å². The second-order valence-corrected chi connectivity index (χ2v) is 6.98. The van der Waals surface area contributed by atoms with E-state index in [4.69, 9.17) is 15.2 Å². The molecule has 0 radical (unpaired) electrons. The number of hydrogen-bond donors (Lipinski definition) is 1. The minimum atomic E-state index is -0.128. The highest BCUT2D eigenvalue weighted by Crippen LogP contribution is 2.24. The highest BCUT2D eigenvalue weighted by atomic mass is 16.5. The van der Waals surface area contributed by atoms with Gasteiger partial charge in [0.2, 0.25) is 0 Å². The number of likely N-dealkylation sites (tertiary alicyclic amines) is 1. The number of benzene rings is 1. The maximum Gasteiger partial charge on any atom is 0.310 e. The van der Waals surface area contributed by atoms with Crippen molar-refractivity contribution in [3.63, 3.8) is 0 Å². The molecule has 1 aliphatic rings. The molecule has 2 rings (SSSR count). The van der Waals surface area contributed by atoms with E-state index in [1.54, 1.807) is 18.2 Å². The van der Waals surface area contributed by atoms with Crippen LogP contribution in [0.25, 0.3) is 0 Å². The number of ether oxygens (including phenoxy) is 2. The zero-order chi connectivity index (χ0) is 19.1. The summed E-state index contributed by atoms with van der Waals surface area (Å²) < 4.78 is 10.7. The minimum Gasteiger partial charge on any atom is -0.489 e. The second-order valence-electron chi connectivity index (χ2n) is 6.98. The van der Waals surface area contributed by atoms with E-state index in [0.717, 1.165) is 19.4 Å². The Labute approximate surface area is 155 Å². The molecule has 1 aliphatic heterocycles. The number of piperidine rings is 1. The topological polar surface area (TPSA) is 81.9 Å². The number of nitrogen functional groups attached to an aromatic ring is 1. The first-order chi connectivity index (χ1) is 12.4. The number of Topliss-reactive ketones (excluding diaryl/α,β-unsaturated/α-hetero) is 1. The van der Waals surface area contributed by atoms with Crippen molar-refractivity contribution in [1.82, 2.24) is 4.90 Å². The lowest BCUT2D eigenvalue weighted by Gasteiger charge is -2.31. The molecule has 1 aromatic rings. The van der Waals surface area contributed by atoms with Crippen molar-refractivity contribution in [2.75, 3.05) is 32.0 Å². The number of nitrogens with zero attached hydrogens (tertiary/aromatic N) is 1. The van der Waals surface area contributed by atoms with E-state index in [1.165, 1.54) is 0 Å². The number of nitrogens with two attached hydrogens (primary N) is 1. The van der Waals surface area contributed by atoms with Crippen molar-refractivity contribution < 1.29 is 19.1 Å². The number of esters is 1. The minimum absolute atomic E-state index is 0.0327. The van der Waals surface area contributed by atoms with Gasteiger partial charge in [-0.05, 0) is 58.4 Å². The van der Waals surface area contributed by atoms with Crippen LogP contribution >= 0.6 is 0 Å². The number of anilines is 1. The normalized spacial score (nSPS) is 17.9. The summed E-state index contributed by atoms with van der Waals surface area (Å²) in [6.45, 7) is 8.30. The Morgan fingerprint density at radius 2 is 2.12 bits per heavy atom. The molecule has 144 valence electrons. The van der Waals surface area contributed by atoms with E-state index in [0.29, 0.717) is 43.1 Å². The van der Waals surface area contributed by atoms with Crippen LogP contribution < -0.4 is 10.5 Å². The van der Waals surface area contributed by atoms with E-state index >= 15 is 0 Å². The predicted octanol–water partition coefficient (Wildman–Crippen LogP) is 2.90. The van der Waals surface area contributed by atoms with Gasteiger partial charge >= 0.3 is 5.97 Å². The largest absolute Gasteiger partial charge is 0.489 e. The molecule has 0 saturated carbocycles. The maximum atomic E-state index is 12.5. The van der Waals surface area contributed by atoms with E-state index in [-0.39, 0.29) is 23.8 Å². The van der Waals surface area contributed by atoms with Gasteiger partial charge in [-0.15, -0.1) is 0 Å². The lowest BCUT2D eigenvalue weighted by Crippen LogP contribution is -2.40. The Morgan fingerprint density at radius 1 is 1.35 bits per heavy atom. The number of rotatable bonds is 8. The molecule has 0 amide bonds. The van der Waals surface area contributed by atoms with Crippen LogP contribution in [0.3, 0.4) is 0 Å². The summed E-state index contributed by atoms with van der Waals surface area (Å²) in [7, 11) is 0. The summed E-state index contributed by atoms with van der Waals surface area (Å²) in [5.41, 5.74) is 7.06. The Hall–Kier alpha value is -2.08. The van der Waals surface area contributed by atoms with Crippen molar-refractivity contribution in [3.05, 3.63) is 23.8 Å². The van der Waals surface area contributed by atoms with E-state index in [9.17, 15) is 9.59 Å². The molecule has 6 heteroatoms. The maximum absolute atomic E-state index is 12.5. The van der Waals surface area contributed by atoms with Gasteiger partial charge in [0.1, 0.15) is 5.75 Å². The molecule has 1 heterocycles. The smallest absolute Gasteiger partial charge is 0.310 e. The summed E-state index contributed by atoms with van der Waals surface area (Å²) in [6.07, 6.45) is 2.24. The average molecular weight is 362 g/mol. The molecular formula is C20H30N2O4. The fourth-order valence-corrected chi connectivity index (χ4v) is 3.20. The van der Waals surface area contributed by atoms with Crippen molar-refractivity contribution in [2.24, 2.45) is 5.92 Å². The van der Waals surface area contributed by atoms with E-state index in [1.807, 2.05) is 20.8 Å². The van der Waals surface area contributed by atoms with Gasteiger partial charge in [-0.3, -0.25) is 9.59 Å². The fraction of sp³-hybridized carbons (Fsp3) is 0.600. The molecule has 0 aromatic heterocycles. The van der Waals surface area contributed by atoms with Crippen LogP contribution in [0.15, 0.2) is 18.2 Å². The van der Waals surface area contributed by atoms with Crippen molar-refractivity contribution in [3.8, 4) is 5.75 Å². The molecule has 0 bridgehead atoms. The average Bonchev–Trinajstić information content (AvgIpc) is 2.61. The Morgan fingerprint density at radius 3 is 2.77 bits per heavy atom. The Balaban J connectivity index is 1.88. The SMILES string of the molecule is CCOC(=O)C1CCCN(CCC(=O)c2ccc(OC(C)C)c(N)c2)C1. The second kappa shape index (κ2) is 9.57. The van der Waals surface area contributed by atoms with Crippen molar-refractivity contribution >= 4 is 17.4 Å². The van der Waals surface area contributed by atoms with Crippen LogP contribution in [-0.2, 0) is 9.53 Å². The third-order valence-corrected chi connectivity index (χ3v) is 4.47. The van der Waals surface area contributed by atoms with Crippen LogP contribution in [0.5, 0.6) is 5.75 Å². The first-order valence-corrected chi connectivity index (χ1v) is 9.39. The van der Waals surface area contributed by atoms with Gasteiger partial charge in [0.15, 0.2) is 5.78 Å². The van der Waals surface area contributed by atoms with E-state index < -0.39 is 0 Å². The third kappa shape index (κ3) is 5.73. The molecule has 1 aromatic carbocycles. The summed E-state index contributed by atoms with van der Waals surface area (Å²) in [4.78, 5) is 26.6. The summed E-state index contributed by atoms with van der Waals surface area (Å²) >= 11 is 0. The molecule has 1 unspecified atom stereocenters. The molecule has 0 spiro atoms. The monoisotopic (exact) mass is 362 g/mol. The van der Waals surface area contributed by atoms with Crippen LogP contribution in [-0.4, -0.2) is 49.0 Å². The van der Waals surface area contributed by atoms with Gasteiger partial charge in [0.05, 0.1) is 24.3 Å². The lowest BCUT2D eigenvalue weighted by molar-refractivity contribution is -0.149. The van der Waals surface area contributed by atoms with Gasteiger partial charge in [-0.25, -0.2) is 0 Å². The first-order valence-electron chi connectivity index (χ1n) is 9.39. The molecule has 2 N–H and O–H groups in total. The number of carbonyl (C=O) groups excluding carboxylic acids is 2. The molecule has 26 heavy (non-hydrogen) atoms. The highest BCUT2D eigenvalue weighted by molar-refractivity contribution is 5.97.